The van der Waals surface area contributed by atoms with Crippen LogP contribution in [0.4, 0.5) is 13.2 Å². The Kier molecular flexibility index (Phi) is 7.44. The molecule has 1 amide bonds. The van der Waals surface area contributed by atoms with Crippen molar-refractivity contribution in [2.24, 2.45) is 11.7 Å². The van der Waals surface area contributed by atoms with Crippen molar-refractivity contribution in [2.45, 2.75) is 37.9 Å². The Bertz CT molecular complexity index is 836. The molecule has 162 valence electrons. The second-order valence-corrected chi connectivity index (χ2v) is 7.68. The van der Waals surface area contributed by atoms with E-state index < -0.39 is 23.7 Å². The molecule has 30 heavy (non-hydrogen) atoms. The van der Waals surface area contributed by atoms with Crippen LogP contribution in [0.15, 0.2) is 42.7 Å². The van der Waals surface area contributed by atoms with Gasteiger partial charge in [0.2, 0.25) is 5.91 Å². The number of primary amides is 1. The fraction of sp³-hybridized carbons (Fsp3) is 0.455. The lowest BCUT2D eigenvalue weighted by atomic mass is 9.91. The van der Waals surface area contributed by atoms with Crippen LogP contribution in [-0.2, 0) is 17.4 Å². The standard InChI is InChI=1S/C22H27F3N4O/c23-22(24,25)19-17(14-16-6-11-28-12-7-16)2-1-3-18(19)20(21(26)30)29-13-8-15-4-9-27-10-5-15/h1-3,6-7,11-12,15,20,27,29H,4-5,8-10,13-14H2,(H2,26,30). The number of nitrogens with two attached hydrogens (primary N) is 1. The minimum absolute atomic E-state index is 0.0890. The highest BCUT2D eigenvalue weighted by Gasteiger charge is 2.38. The lowest BCUT2D eigenvalue weighted by Gasteiger charge is -2.25. The summed E-state index contributed by atoms with van der Waals surface area (Å²) in [6.07, 6.45) is 1.41. The van der Waals surface area contributed by atoms with Crippen molar-refractivity contribution >= 4 is 5.91 Å². The van der Waals surface area contributed by atoms with Gasteiger partial charge in [0.1, 0.15) is 6.04 Å². The van der Waals surface area contributed by atoms with Crippen LogP contribution >= 0.6 is 0 Å². The molecule has 5 nitrogen and oxygen atoms in total. The average molecular weight is 420 g/mol. The number of alkyl halides is 3. The van der Waals surface area contributed by atoms with E-state index in [1.54, 1.807) is 30.6 Å². The molecule has 0 radical (unpaired) electrons. The summed E-state index contributed by atoms with van der Waals surface area (Å²) in [7, 11) is 0. The molecule has 2 heterocycles. The van der Waals surface area contributed by atoms with Gasteiger partial charge in [-0.05, 0) is 80.1 Å². The molecule has 1 aliphatic rings. The summed E-state index contributed by atoms with van der Waals surface area (Å²) >= 11 is 0. The van der Waals surface area contributed by atoms with Gasteiger partial charge in [-0.2, -0.15) is 13.2 Å². The lowest BCUT2D eigenvalue weighted by molar-refractivity contribution is -0.139. The second kappa shape index (κ2) is 10.0. The van der Waals surface area contributed by atoms with Gasteiger partial charge in [0.15, 0.2) is 0 Å². The monoisotopic (exact) mass is 420 g/mol. The third kappa shape index (κ3) is 5.79. The van der Waals surface area contributed by atoms with E-state index >= 15 is 0 Å². The highest BCUT2D eigenvalue weighted by Crippen LogP contribution is 2.38. The maximum Gasteiger partial charge on any atom is 0.417 e. The zero-order valence-electron chi connectivity index (χ0n) is 16.7. The van der Waals surface area contributed by atoms with E-state index in [0.717, 1.165) is 32.4 Å². The van der Waals surface area contributed by atoms with Crippen molar-refractivity contribution in [1.82, 2.24) is 15.6 Å². The highest BCUT2D eigenvalue weighted by molar-refractivity contribution is 5.82. The normalized spacial score (nSPS) is 16.4. The molecular formula is C22H27F3N4O. The van der Waals surface area contributed by atoms with Gasteiger partial charge in [-0.3, -0.25) is 9.78 Å². The van der Waals surface area contributed by atoms with E-state index in [9.17, 15) is 18.0 Å². The van der Waals surface area contributed by atoms with Crippen LogP contribution in [0.3, 0.4) is 0 Å². The number of pyridine rings is 1. The van der Waals surface area contributed by atoms with E-state index in [0.29, 0.717) is 18.0 Å². The van der Waals surface area contributed by atoms with Gasteiger partial charge >= 0.3 is 6.18 Å². The van der Waals surface area contributed by atoms with Crippen LogP contribution in [-0.4, -0.2) is 30.5 Å². The second-order valence-electron chi connectivity index (χ2n) is 7.68. The van der Waals surface area contributed by atoms with Gasteiger partial charge in [-0.1, -0.05) is 18.2 Å². The van der Waals surface area contributed by atoms with Crippen LogP contribution < -0.4 is 16.4 Å². The Balaban J connectivity index is 1.85. The number of piperidine rings is 1. The quantitative estimate of drug-likeness (QED) is 0.613. The fourth-order valence-electron chi connectivity index (χ4n) is 4.04. The van der Waals surface area contributed by atoms with E-state index in [-0.39, 0.29) is 17.5 Å². The number of carbonyl (C=O) groups excluding carboxylic acids is 1. The number of halogens is 3. The number of rotatable bonds is 8. The summed E-state index contributed by atoms with van der Waals surface area (Å²) in [5, 5.41) is 6.27. The fourth-order valence-corrected chi connectivity index (χ4v) is 4.04. The number of hydrogen-bond acceptors (Lipinski definition) is 4. The molecule has 3 rings (SSSR count). The Morgan fingerprint density at radius 1 is 1.20 bits per heavy atom. The first-order valence-electron chi connectivity index (χ1n) is 10.2. The first kappa shape index (κ1) is 22.2. The molecule has 4 N–H and O–H groups in total. The first-order valence-corrected chi connectivity index (χ1v) is 10.2. The van der Waals surface area contributed by atoms with Gasteiger partial charge in [0.05, 0.1) is 5.56 Å². The molecule has 1 aliphatic heterocycles. The summed E-state index contributed by atoms with van der Waals surface area (Å²) in [6, 6.07) is 6.49. The maximum absolute atomic E-state index is 14.0. The van der Waals surface area contributed by atoms with Crippen molar-refractivity contribution in [2.75, 3.05) is 19.6 Å². The molecule has 1 unspecified atom stereocenters. The Hall–Kier alpha value is -2.45. The van der Waals surface area contributed by atoms with Crippen molar-refractivity contribution in [3.05, 3.63) is 65.0 Å². The molecule has 8 heteroatoms. The molecular weight excluding hydrogens is 393 g/mol. The van der Waals surface area contributed by atoms with E-state index in [2.05, 4.69) is 15.6 Å². The summed E-state index contributed by atoms with van der Waals surface area (Å²) in [5.41, 5.74) is 5.42. The van der Waals surface area contributed by atoms with E-state index in [1.807, 2.05) is 0 Å². The van der Waals surface area contributed by atoms with Crippen LogP contribution in [0, 0.1) is 5.92 Å². The first-order chi connectivity index (χ1) is 14.4. The summed E-state index contributed by atoms with van der Waals surface area (Å²) < 4.78 is 42.1. The van der Waals surface area contributed by atoms with Crippen LogP contribution in [0.1, 0.15) is 47.6 Å². The number of benzene rings is 1. The molecule has 0 spiro atoms. The summed E-state index contributed by atoms with van der Waals surface area (Å²) in [4.78, 5) is 16.0. The minimum Gasteiger partial charge on any atom is -0.368 e. The Morgan fingerprint density at radius 3 is 2.53 bits per heavy atom. The summed E-state index contributed by atoms with van der Waals surface area (Å²) in [6.45, 7) is 2.32. The predicted molar refractivity (Wildman–Crippen MR) is 109 cm³/mol. The topological polar surface area (TPSA) is 80.0 Å². The smallest absolute Gasteiger partial charge is 0.368 e. The van der Waals surface area contributed by atoms with Gasteiger partial charge < -0.3 is 16.4 Å². The average Bonchev–Trinajstić information content (AvgIpc) is 2.71. The number of hydrogen-bond donors (Lipinski definition) is 3. The van der Waals surface area contributed by atoms with Gasteiger partial charge in [0.25, 0.3) is 0 Å². The van der Waals surface area contributed by atoms with Gasteiger partial charge in [-0.15, -0.1) is 0 Å². The number of nitrogens with one attached hydrogen (secondary N) is 2. The SMILES string of the molecule is NC(=O)C(NCCC1CCNCC1)c1cccc(Cc2ccncc2)c1C(F)(F)F. The van der Waals surface area contributed by atoms with Crippen molar-refractivity contribution in [3.63, 3.8) is 0 Å². The Labute approximate surface area is 174 Å². The van der Waals surface area contributed by atoms with Crippen molar-refractivity contribution < 1.29 is 18.0 Å². The van der Waals surface area contributed by atoms with Crippen LogP contribution in [0.5, 0.6) is 0 Å². The molecule has 1 fully saturated rings. The van der Waals surface area contributed by atoms with Gasteiger partial charge in [-0.25, -0.2) is 0 Å². The summed E-state index contributed by atoms with van der Waals surface area (Å²) in [5.74, 6) is -0.320. The zero-order valence-corrected chi connectivity index (χ0v) is 16.7. The number of carbonyl (C=O) groups is 1. The predicted octanol–water partition coefficient (Wildman–Crippen LogP) is 3.20. The van der Waals surface area contributed by atoms with Crippen LogP contribution in [0.25, 0.3) is 0 Å². The third-order valence-electron chi connectivity index (χ3n) is 5.57. The number of nitrogens with zero attached hydrogens (tertiary/aromatic N) is 1. The number of amides is 1. The van der Waals surface area contributed by atoms with E-state index in [1.165, 1.54) is 12.1 Å². The van der Waals surface area contributed by atoms with Gasteiger partial charge in [0, 0.05) is 12.4 Å². The molecule has 0 aliphatic carbocycles. The molecule has 1 saturated heterocycles. The lowest BCUT2D eigenvalue weighted by Crippen LogP contribution is -2.37. The minimum atomic E-state index is -4.61. The molecule has 2 aromatic rings. The van der Waals surface area contributed by atoms with Crippen molar-refractivity contribution in [3.8, 4) is 0 Å². The molecule has 1 aromatic carbocycles. The largest absolute Gasteiger partial charge is 0.417 e. The molecule has 0 bridgehead atoms. The number of aromatic nitrogens is 1. The highest BCUT2D eigenvalue weighted by atomic mass is 19.4. The molecule has 1 atom stereocenters. The third-order valence-corrected chi connectivity index (χ3v) is 5.57. The molecule has 0 saturated carbocycles. The van der Waals surface area contributed by atoms with Crippen molar-refractivity contribution in [1.29, 1.82) is 0 Å². The van der Waals surface area contributed by atoms with Crippen LogP contribution in [0.2, 0.25) is 0 Å². The Morgan fingerprint density at radius 2 is 1.90 bits per heavy atom. The maximum atomic E-state index is 14.0. The zero-order chi connectivity index (χ0) is 21.6. The molecule has 1 aromatic heterocycles. The van der Waals surface area contributed by atoms with E-state index in [4.69, 9.17) is 5.73 Å².